The van der Waals surface area contributed by atoms with Crippen molar-refractivity contribution < 1.29 is 0 Å². The highest BCUT2D eigenvalue weighted by Gasteiger charge is 2.21. The number of pyridine rings is 1. The first-order valence-corrected chi connectivity index (χ1v) is 6.26. The second-order valence-corrected chi connectivity index (χ2v) is 5.61. The van der Waals surface area contributed by atoms with Crippen LogP contribution >= 0.6 is 0 Å². The lowest BCUT2D eigenvalue weighted by molar-refractivity contribution is 0.524. The summed E-state index contributed by atoms with van der Waals surface area (Å²) in [6, 6.07) is 9.95. The molecule has 2 rings (SSSR count). The van der Waals surface area contributed by atoms with Gasteiger partial charge in [0.25, 0.3) is 5.56 Å². The predicted molar refractivity (Wildman–Crippen MR) is 75.8 cm³/mol. The first kappa shape index (κ1) is 12.8. The van der Waals surface area contributed by atoms with Gasteiger partial charge >= 0.3 is 0 Å². The summed E-state index contributed by atoms with van der Waals surface area (Å²) in [6.07, 6.45) is 0. The fraction of sp³-hybridized carbons (Fsp3) is 0.400. The third-order valence-electron chi connectivity index (χ3n) is 3.16. The molecule has 0 fully saturated rings. The number of para-hydroxylation sites is 1. The Kier molecular flexibility index (Phi) is 3.03. The number of rotatable bonds is 2. The van der Waals surface area contributed by atoms with Crippen molar-refractivity contribution in [2.45, 2.75) is 39.3 Å². The Balaban J connectivity index is 2.94. The molecule has 1 aromatic heterocycles. The molecule has 0 aliphatic carbocycles. The van der Waals surface area contributed by atoms with Crippen molar-refractivity contribution in [3.05, 3.63) is 46.2 Å². The summed E-state index contributed by atoms with van der Waals surface area (Å²) in [5, 5.41) is 1.05. The number of nitrogens with zero attached hydrogens (tertiary/aromatic N) is 1. The van der Waals surface area contributed by atoms with Crippen LogP contribution in [0.3, 0.4) is 0 Å². The van der Waals surface area contributed by atoms with Gasteiger partial charge in [-0.2, -0.15) is 0 Å². The molecule has 2 N–H and O–H groups in total. The van der Waals surface area contributed by atoms with Gasteiger partial charge in [0.2, 0.25) is 0 Å². The van der Waals surface area contributed by atoms with Gasteiger partial charge in [0.05, 0.1) is 5.52 Å². The largest absolute Gasteiger partial charge is 0.322 e. The fourth-order valence-electron chi connectivity index (χ4n) is 2.26. The highest BCUT2D eigenvalue weighted by atomic mass is 16.1. The van der Waals surface area contributed by atoms with Crippen molar-refractivity contribution in [3.8, 4) is 0 Å². The van der Waals surface area contributed by atoms with Crippen molar-refractivity contribution in [1.82, 2.24) is 4.57 Å². The van der Waals surface area contributed by atoms with Crippen LogP contribution in [0.4, 0.5) is 0 Å². The van der Waals surface area contributed by atoms with E-state index >= 15 is 0 Å². The number of aromatic nitrogens is 1. The van der Waals surface area contributed by atoms with Gasteiger partial charge in [-0.15, -0.1) is 0 Å². The maximum atomic E-state index is 12.6. The van der Waals surface area contributed by atoms with Gasteiger partial charge in [-0.05, 0) is 45.2 Å². The summed E-state index contributed by atoms with van der Waals surface area (Å²) < 4.78 is 1.82. The molecule has 0 atom stereocenters. The van der Waals surface area contributed by atoms with Crippen LogP contribution in [0, 0.1) is 0 Å². The molecule has 0 aliphatic rings. The quantitative estimate of drug-likeness (QED) is 0.883. The zero-order chi connectivity index (χ0) is 13.5. The van der Waals surface area contributed by atoms with Gasteiger partial charge in [0, 0.05) is 17.1 Å². The Morgan fingerprint density at radius 2 is 1.83 bits per heavy atom. The highest BCUT2D eigenvalue weighted by molar-refractivity contribution is 5.80. The fourth-order valence-corrected chi connectivity index (χ4v) is 2.26. The lowest BCUT2D eigenvalue weighted by atomic mass is 9.95. The average molecular weight is 244 g/mol. The molecule has 0 bridgehead atoms. The third-order valence-corrected chi connectivity index (χ3v) is 3.16. The second kappa shape index (κ2) is 4.25. The molecule has 3 heteroatoms. The van der Waals surface area contributed by atoms with Crippen LogP contribution in [-0.4, -0.2) is 4.57 Å². The maximum absolute atomic E-state index is 12.6. The van der Waals surface area contributed by atoms with Gasteiger partial charge in [0.15, 0.2) is 0 Å². The molecular formula is C15H20N2O. The Bertz CT molecular complexity index is 633. The van der Waals surface area contributed by atoms with E-state index in [1.807, 2.05) is 62.6 Å². The van der Waals surface area contributed by atoms with Crippen molar-refractivity contribution in [3.63, 3.8) is 0 Å². The van der Waals surface area contributed by atoms with Gasteiger partial charge in [0.1, 0.15) is 0 Å². The van der Waals surface area contributed by atoms with Crippen molar-refractivity contribution >= 4 is 10.9 Å². The summed E-state index contributed by atoms with van der Waals surface area (Å²) in [5.74, 6) is 0. The van der Waals surface area contributed by atoms with E-state index in [0.29, 0.717) is 5.56 Å². The average Bonchev–Trinajstić information content (AvgIpc) is 2.26. The number of benzene rings is 1. The summed E-state index contributed by atoms with van der Waals surface area (Å²) in [5.41, 5.74) is 7.11. The van der Waals surface area contributed by atoms with Crippen LogP contribution in [0.1, 0.15) is 39.3 Å². The SMILES string of the molecule is CC(C)n1c(=O)c(C(C)(C)N)cc2ccccc21. The Labute approximate surface area is 107 Å². The third kappa shape index (κ3) is 2.06. The number of nitrogens with two attached hydrogens (primary N) is 1. The van der Waals surface area contributed by atoms with Crippen molar-refractivity contribution in [1.29, 1.82) is 0 Å². The zero-order valence-electron chi connectivity index (χ0n) is 11.4. The summed E-state index contributed by atoms with van der Waals surface area (Å²) >= 11 is 0. The number of hydrogen-bond acceptors (Lipinski definition) is 2. The molecule has 96 valence electrons. The van der Waals surface area contributed by atoms with Crippen LogP contribution in [0.5, 0.6) is 0 Å². The van der Waals surface area contributed by atoms with Crippen LogP contribution < -0.4 is 11.3 Å². The molecule has 0 aliphatic heterocycles. The lowest BCUT2D eigenvalue weighted by Crippen LogP contribution is -2.38. The molecule has 0 spiro atoms. The minimum atomic E-state index is -0.627. The van der Waals surface area contributed by atoms with Gasteiger partial charge < -0.3 is 10.3 Å². The topological polar surface area (TPSA) is 48.0 Å². The Morgan fingerprint density at radius 3 is 2.39 bits per heavy atom. The predicted octanol–water partition coefficient (Wildman–Crippen LogP) is 2.78. The summed E-state index contributed by atoms with van der Waals surface area (Å²) in [7, 11) is 0. The minimum absolute atomic E-state index is 0.0104. The number of fused-ring (bicyclic) bond motifs is 1. The van der Waals surface area contributed by atoms with E-state index in [4.69, 9.17) is 5.73 Å². The lowest BCUT2D eigenvalue weighted by Gasteiger charge is -2.22. The number of hydrogen-bond donors (Lipinski definition) is 1. The normalized spacial score (nSPS) is 12.3. The van der Waals surface area contributed by atoms with Crippen LogP contribution in [0.15, 0.2) is 35.1 Å². The molecule has 18 heavy (non-hydrogen) atoms. The molecule has 0 saturated carbocycles. The standard InChI is InChI=1S/C15H20N2O/c1-10(2)17-13-8-6-5-7-11(13)9-12(14(17)18)15(3,4)16/h5-10H,16H2,1-4H3. The van der Waals surface area contributed by atoms with E-state index in [-0.39, 0.29) is 11.6 Å². The second-order valence-electron chi connectivity index (χ2n) is 5.61. The first-order valence-electron chi connectivity index (χ1n) is 6.26. The van der Waals surface area contributed by atoms with E-state index in [1.54, 1.807) is 0 Å². The molecular weight excluding hydrogens is 224 g/mol. The zero-order valence-corrected chi connectivity index (χ0v) is 11.4. The monoisotopic (exact) mass is 244 g/mol. The molecule has 1 aromatic carbocycles. The molecule has 0 unspecified atom stereocenters. The molecule has 1 heterocycles. The van der Waals surface area contributed by atoms with Gasteiger partial charge in [-0.1, -0.05) is 18.2 Å². The maximum Gasteiger partial charge on any atom is 0.256 e. The van der Waals surface area contributed by atoms with E-state index in [2.05, 4.69) is 0 Å². The van der Waals surface area contributed by atoms with Crippen molar-refractivity contribution in [2.75, 3.05) is 0 Å². The molecule has 0 saturated heterocycles. The van der Waals surface area contributed by atoms with E-state index in [0.717, 1.165) is 10.9 Å². The highest BCUT2D eigenvalue weighted by Crippen LogP contribution is 2.21. The van der Waals surface area contributed by atoms with E-state index in [9.17, 15) is 4.79 Å². The molecule has 0 amide bonds. The van der Waals surface area contributed by atoms with Crippen LogP contribution in [0.25, 0.3) is 10.9 Å². The Hall–Kier alpha value is -1.61. The summed E-state index contributed by atoms with van der Waals surface area (Å²) in [4.78, 5) is 12.6. The molecule has 3 nitrogen and oxygen atoms in total. The van der Waals surface area contributed by atoms with Crippen LogP contribution in [0.2, 0.25) is 0 Å². The summed E-state index contributed by atoms with van der Waals surface area (Å²) in [6.45, 7) is 7.76. The smallest absolute Gasteiger partial charge is 0.256 e. The van der Waals surface area contributed by atoms with Gasteiger partial charge in [-0.25, -0.2) is 0 Å². The van der Waals surface area contributed by atoms with E-state index in [1.165, 1.54) is 0 Å². The van der Waals surface area contributed by atoms with E-state index < -0.39 is 5.54 Å². The van der Waals surface area contributed by atoms with Crippen molar-refractivity contribution in [2.24, 2.45) is 5.73 Å². The molecule has 0 radical (unpaired) electrons. The first-order chi connectivity index (χ1) is 8.32. The minimum Gasteiger partial charge on any atom is -0.322 e. The van der Waals surface area contributed by atoms with Crippen LogP contribution in [-0.2, 0) is 5.54 Å². The molecule has 2 aromatic rings. The Morgan fingerprint density at radius 1 is 1.22 bits per heavy atom. The van der Waals surface area contributed by atoms with Gasteiger partial charge in [-0.3, -0.25) is 4.79 Å².